The fraction of sp³-hybridized carbons (Fsp3) is 0.364. The molecular formula is C11H13Cl2NO4S. The maximum absolute atomic E-state index is 12.0. The number of unbranched alkanes of at least 4 members (excludes halogenated alkanes) is 1. The number of carbonyl (C=O) groups is 1. The van der Waals surface area contributed by atoms with Gasteiger partial charge in [0.15, 0.2) is 0 Å². The third-order valence-electron chi connectivity index (χ3n) is 2.35. The van der Waals surface area contributed by atoms with Gasteiger partial charge in [0.1, 0.15) is 4.90 Å². The number of benzene rings is 1. The van der Waals surface area contributed by atoms with Gasteiger partial charge in [-0.05, 0) is 18.6 Å². The summed E-state index contributed by atoms with van der Waals surface area (Å²) in [4.78, 5) is 10.6. The van der Waals surface area contributed by atoms with E-state index in [4.69, 9.17) is 28.3 Å². The van der Waals surface area contributed by atoms with Crippen molar-refractivity contribution in [2.24, 2.45) is 0 Å². The monoisotopic (exact) mass is 325 g/mol. The lowest BCUT2D eigenvalue weighted by Gasteiger charge is -2.10. The average molecular weight is 326 g/mol. The Bertz CT molecular complexity index is 587. The summed E-state index contributed by atoms with van der Waals surface area (Å²) >= 11 is 11.6. The number of carboxylic acid groups (broad SMARTS) is 1. The van der Waals surface area contributed by atoms with Crippen LogP contribution in [-0.2, 0) is 10.0 Å². The van der Waals surface area contributed by atoms with Crippen molar-refractivity contribution in [2.75, 3.05) is 6.54 Å². The number of rotatable bonds is 6. The smallest absolute Gasteiger partial charge is 0.335 e. The maximum atomic E-state index is 12.0. The van der Waals surface area contributed by atoms with E-state index in [0.29, 0.717) is 6.42 Å². The number of carboxylic acids is 1. The van der Waals surface area contributed by atoms with Crippen LogP contribution in [0.3, 0.4) is 0 Å². The van der Waals surface area contributed by atoms with E-state index in [0.717, 1.165) is 18.6 Å². The second-order valence-electron chi connectivity index (χ2n) is 3.83. The van der Waals surface area contributed by atoms with Crippen molar-refractivity contribution >= 4 is 39.2 Å². The van der Waals surface area contributed by atoms with E-state index in [-0.39, 0.29) is 27.0 Å². The first-order chi connectivity index (χ1) is 8.79. The van der Waals surface area contributed by atoms with Crippen molar-refractivity contribution in [2.45, 2.75) is 24.7 Å². The summed E-state index contributed by atoms with van der Waals surface area (Å²) in [5, 5.41) is 8.59. The molecule has 0 aliphatic heterocycles. The molecule has 5 nitrogen and oxygen atoms in total. The van der Waals surface area contributed by atoms with E-state index in [1.165, 1.54) is 0 Å². The third-order valence-corrected chi connectivity index (χ3v) is 4.75. The van der Waals surface area contributed by atoms with Crippen molar-refractivity contribution in [3.8, 4) is 0 Å². The molecule has 1 aromatic rings. The molecule has 19 heavy (non-hydrogen) atoms. The lowest BCUT2D eigenvalue weighted by Crippen LogP contribution is -2.25. The Kier molecular flexibility index (Phi) is 5.61. The summed E-state index contributed by atoms with van der Waals surface area (Å²) in [6, 6.07) is 2.10. The zero-order chi connectivity index (χ0) is 14.6. The van der Waals surface area contributed by atoms with Crippen LogP contribution in [0.5, 0.6) is 0 Å². The zero-order valence-corrected chi connectivity index (χ0v) is 12.4. The lowest BCUT2D eigenvalue weighted by atomic mass is 10.2. The number of sulfonamides is 1. The van der Waals surface area contributed by atoms with Crippen LogP contribution in [0.2, 0.25) is 10.0 Å². The highest BCUT2D eigenvalue weighted by molar-refractivity contribution is 7.89. The zero-order valence-electron chi connectivity index (χ0n) is 10.1. The van der Waals surface area contributed by atoms with Gasteiger partial charge in [0, 0.05) is 6.54 Å². The van der Waals surface area contributed by atoms with Gasteiger partial charge in [0.25, 0.3) is 0 Å². The molecule has 0 saturated carbocycles. The summed E-state index contributed by atoms with van der Waals surface area (Å²) in [5.74, 6) is -1.27. The van der Waals surface area contributed by atoms with Crippen LogP contribution >= 0.6 is 23.2 Å². The van der Waals surface area contributed by atoms with Gasteiger partial charge < -0.3 is 5.11 Å². The van der Waals surface area contributed by atoms with Gasteiger partial charge in [-0.3, -0.25) is 0 Å². The van der Waals surface area contributed by atoms with Crippen LogP contribution in [0.4, 0.5) is 0 Å². The lowest BCUT2D eigenvalue weighted by molar-refractivity contribution is 0.0696. The summed E-state index contributed by atoms with van der Waals surface area (Å²) in [5.41, 5.74) is -0.231. The minimum absolute atomic E-state index is 0.113. The van der Waals surface area contributed by atoms with E-state index in [2.05, 4.69) is 4.72 Å². The Balaban J connectivity index is 3.21. The molecule has 1 aromatic carbocycles. The van der Waals surface area contributed by atoms with Crippen LogP contribution in [-0.4, -0.2) is 26.0 Å². The molecule has 0 heterocycles. The Labute approximate surface area is 121 Å². The van der Waals surface area contributed by atoms with Crippen LogP contribution in [0.15, 0.2) is 17.0 Å². The van der Waals surface area contributed by atoms with E-state index in [1.807, 2.05) is 6.92 Å². The largest absolute Gasteiger partial charge is 0.478 e. The van der Waals surface area contributed by atoms with Gasteiger partial charge >= 0.3 is 5.97 Å². The van der Waals surface area contributed by atoms with Gasteiger partial charge in [-0.1, -0.05) is 36.5 Å². The fourth-order valence-corrected chi connectivity index (χ4v) is 3.23. The number of hydrogen-bond donors (Lipinski definition) is 2. The van der Waals surface area contributed by atoms with Crippen molar-refractivity contribution in [1.82, 2.24) is 4.72 Å². The van der Waals surface area contributed by atoms with Crippen LogP contribution in [0.1, 0.15) is 30.1 Å². The van der Waals surface area contributed by atoms with Crippen LogP contribution in [0, 0.1) is 0 Å². The quantitative estimate of drug-likeness (QED) is 0.788. The number of halogens is 2. The minimum atomic E-state index is -3.87. The summed E-state index contributed by atoms with van der Waals surface area (Å²) in [6.45, 7) is 2.17. The molecule has 0 radical (unpaired) electrons. The predicted octanol–water partition coefficient (Wildman–Crippen LogP) is 2.77. The van der Waals surface area contributed by atoms with Crippen molar-refractivity contribution in [3.63, 3.8) is 0 Å². The first-order valence-electron chi connectivity index (χ1n) is 5.51. The van der Waals surface area contributed by atoms with Gasteiger partial charge in [0.05, 0.1) is 15.6 Å². The van der Waals surface area contributed by atoms with Crippen LogP contribution in [0.25, 0.3) is 0 Å². The highest BCUT2D eigenvalue weighted by Gasteiger charge is 2.22. The maximum Gasteiger partial charge on any atom is 0.335 e. The van der Waals surface area contributed by atoms with E-state index in [9.17, 15) is 13.2 Å². The second-order valence-corrected chi connectivity index (χ2v) is 6.35. The standard InChI is InChI=1S/C11H13Cl2NO4S/c1-2-3-4-14-19(17,18)9-6-7(11(15)16)5-8(12)10(9)13/h5-6,14H,2-4H2,1H3,(H,15,16). The SMILES string of the molecule is CCCCNS(=O)(=O)c1cc(C(=O)O)cc(Cl)c1Cl. The Morgan fingerprint density at radius 3 is 2.53 bits per heavy atom. The molecular weight excluding hydrogens is 313 g/mol. The highest BCUT2D eigenvalue weighted by atomic mass is 35.5. The number of hydrogen-bond acceptors (Lipinski definition) is 3. The predicted molar refractivity (Wildman–Crippen MR) is 73.5 cm³/mol. The number of aromatic carboxylic acids is 1. The first-order valence-corrected chi connectivity index (χ1v) is 7.75. The molecule has 0 fully saturated rings. The Morgan fingerprint density at radius 2 is 2.00 bits per heavy atom. The molecule has 1 rings (SSSR count). The molecule has 0 bridgehead atoms. The second kappa shape index (κ2) is 6.56. The van der Waals surface area contributed by atoms with Crippen molar-refractivity contribution in [3.05, 3.63) is 27.7 Å². The van der Waals surface area contributed by atoms with Gasteiger partial charge in [-0.25, -0.2) is 17.9 Å². The molecule has 106 valence electrons. The highest BCUT2D eigenvalue weighted by Crippen LogP contribution is 2.30. The van der Waals surface area contributed by atoms with E-state index < -0.39 is 16.0 Å². The molecule has 8 heteroatoms. The minimum Gasteiger partial charge on any atom is -0.478 e. The molecule has 0 saturated heterocycles. The first kappa shape index (κ1) is 16.2. The van der Waals surface area contributed by atoms with E-state index in [1.54, 1.807) is 0 Å². The van der Waals surface area contributed by atoms with Crippen molar-refractivity contribution < 1.29 is 18.3 Å². The van der Waals surface area contributed by atoms with Crippen LogP contribution < -0.4 is 4.72 Å². The Morgan fingerprint density at radius 1 is 1.37 bits per heavy atom. The molecule has 0 aliphatic rings. The summed E-state index contributed by atoms with van der Waals surface area (Å²) in [6.07, 6.45) is 1.50. The van der Waals surface area contributed by atoms with Gasteiger partial charge in [-0.2, -0.15) is 0 Å². The summed E-state index contributed by atoms with van der Waals surface area (Å²) < 4.78 is 26.4. The number of nitrogens with one attached hydrogen (secondary N) is 1. The molecule has 2 N–H and O–H groups in total. The topological polar surface area (TPSA) is 83.5 Å². The van der Waals surface area contributed by atoms with E-state index >= 15 is 0 Å². The molecule has 0 amide bonds. The van der Waals surface area contributed by atoms with Crippen molar-refractivity contribution in [1.29, 1.82) is 0 Å². The van der Waals surface area contributed by atoms with Gasteiger partial charge in [-0.15, -0.1) is 0 Å². The summed E-state index contributed by atoms with van der Waals surface area (Å²) in [7, 11) is -3.87. The molecule has 0 spiro atoms. The molecule has 0 unspecified atom stereocenters. The molecule has 0 atom stereocenters. The normalized spacial score (nSPS) is 11.5. The molecule has 0 aromatic heterocycles. The average Bonchev–Trinajstić information content (AvgIpc) is 2.32. The fourth-order valence-electron chi connectivity index (χ4n) is 1.34. The molecule has 0 aliphatic carbocycles. The third kappa shape index (κ3) is 4.07. The van der Waals surface area contributed by atoms with Gasteiger partial charge in [0.2, 0.25) is 10.0 Å². The Hall–Kier alpha value is -0.820.